The molecule has 0 saturated carbocycles. The molecule has 18 heavy (non-hydrogen) atoms. The van der Waals surface area contributed by atoms with Gasteiger partial charge in [0.1, 0.15) is 17.2 Å². The van der Waals surface area contributed by atoms with Crippen molar-refractivity contribution in [1.29, 1.82) is 0 Å². The molecule has 0 spiro atoms. The van der Waals surface area contributed by atoms with Crippen LogP contribution in [0, 0.1) is 6.92 Å². The number of phenolic OH excluding ortho intramolecular Hbond substituents is 1. The van der Waals surface area contributed by atoms with E-state index in [1.54, 1.807) is 26.4 Å². The van der Waals surface area contributed by atoms with Gasteiger partial charge in [0.25, 0.3) is 0 Å². The second-order valence-electron chi connectivity index (χ2n) is 4.12. The Hall–Kier alpha value is -2.16. The summed E-state index contributed by atoms with van der Waals surface area (Å²) in [5.41, 5.74) is 2.73. The lowest BCUT2D eigenvalue weighted by Gasteiger charge is -2.10. The predicted octanol–water partition coefficient (Wildman–Crippen LogP) is 3.38. The maximum absolute atomic E-state index is 9.93. The first kappa shape index (κ1) is 12.3. The second-order valence-corrected chi connectivity index (χ2v) is 4.12. The van der Waals surface area contributed by atoms with Crippen LogP contribution in [0.2, 0.25) is 0 Å². The van der Waals surface area contributed by atoms with Crippen molar-refractivity contribution < 1.29 is 14.6 Å². The Labute approximate surface area is 107 Å². The summed E-state index contributed by atoms with van der Waals surface area (Å²) < 4.78 is 10.5. The molecular formula is C15H16O3. The third-order valence-electron chi connectivity index (χ3n) is 2.81. The SMILES string of the molecule is COc1cc(OC)cc(-c2cc(C)ccc2O)c1. The lowest BCUT2D eigenvalue weighted by molar-refractivity contribution is 0.394. The van der Waals surface area contributed by atoms with E-state index in [9.17, 15) is 5.11 Å². The molecule has 0 fully saturated rings. The van der Waals surface area contributed by atoms with E-state index in [0.717, 1.165) is 16.7 Å². The van der Waals surface area contributed by atoms with Gasteiger partial charge in [-0.3, -0.25) is 0 Å². The summed E-state index contributed by atoms with van der Waals surface area (Å²) in [5.74, 6) is 1.64. The molecule has 0 aromatic heterocycles. The molecule has 0 amide bonds. The maximum atomic E-state index is 9.93. The van der Waals surface area contributed by atoms with Gasteiger partial charge in [0.15, 0.2) is 0 Å². The van der Waals surface area contributed by atoms with E-state index in [0.29, 0.717) is 11.5 Å². The van der Waals surface area contributed by atoms with Gasteiger partial charge in [0.2, 0.25) is 0 Å². The normalized spacial score (nSPS) is 10.2. The Balaban J connectivity index is 2.58. The molecule has 0 saturated heterocycles. The number of hydrogen-bond donors (Lipinski definition) is 1. The van der Waals surface area contributed by atoms with Crippen molar-refractivity contribution in [3.8, 4) is 28.4 Å². The minimum absolute atomic E-state index is 0.246. The lowest BCUT2D eigenvalue weighted by Crippen LogP contribution is -1.89. The summed E-state index contributed by atoms with van der Waals surface area (Å²) in [6, 6.07) is 11.0. The molecule has 2 rings (SSSR count). The number of hydrogen-bond acceptors (Lipinski definition) is 3. The van der Waals surface area contributed by atoms with Crippen LogP contribution in [0.3, 0.4) is 0 Å². The van der Waals surface area contributed by atoms with Crippen LogP contribution < -0.4 is 9.47 Å². The van der Waals surface area contributed by atoms with Crippen molar-refractivity contribution in [3.05, 3.63) is 42.0 Å². The molecule has 2 aromatic rings. The van der Waals surface area contributed by atoms with Gasteiger partial charge < -0.3 is 14.6 Å². The molecule has 0 aliphatic rings. The summed E-state index contributed by atoms with van der Waals surface area (Å²) in [4.78, 5) is 0. The highest BCUT2D eigenvalue weighted by atomic mass is 16.5. The van der Waals surface area contributed by atoms with Crippen molar-refractivity contribution in [1.82, 2.24) is 0 Å². The van der Waals surface area contributed by atoms with Crippen molar-refractivity contribution >= 4 is 0 Å². The van der Waals surface area contributed by atoms with Gasteiger partial charge in [0, 0.05) is 11.6 Å². The van der Waals surface area contributed by atoms with Crippen molar-refractivity contribution in [2.24, 2.45) is 0 Å². The van der Waals surface area contributed by atoms with Gasteiger partial charge in [0.05, 0.1) is 14.2 Å². The Kier molecular flexibility index (Phi) is 3.42. The van der Waals surface area contributed by atoms with Crippen LogP contribution >= 0.6 is 0 Å². The molecule has 0 unspecified atom stereocenters. The van der Waals surface area contributed by atoms with Crippen molar-refractivity contribution in [2.75, 3.05) is 14.2 Å². The van der Waals surface area contributed by atoms with E-state index in [1.807, 2.05) is 31.2 Å². The molecule has 0 atom stereocenters. The highest BCUT2D eigenvalue weighted by Crippen LogP contribution is 2.35. The molecule has 2 aromatic carbocycles. The topological polar surface area (TPSA) is 38.7 Å². The average Bonchev–Trinajstić information content (AvgIpc) is 2.40. The van der Waals surface area contributed by atoms with Gasteiger partial charge in [-0.15, -0.1) is 0 Å². The summed E-state index contributed by atoms with van der Waals surface area (Å²) in [6.07, 6.45) is 0. The molecular weight excluding hydrogens is 228 g/mol. The first-order valence-corrected chi connectivity index (χ1v) is 5.67. The van der Waals surface area contributed by atoms with E-state index in [2.05, 4.69) is 0 Å². The average molecular weight is 244 g/mol. The molecule has 0 aliphatic carbocycles. The molecule has 1 N–H and O–H groups in total. The summed E-state index contributed by atoms with van der Waals surface area (Å²) in [6.45, 7) is 1.99. The van der Waals surface area contributed by atoms with Gasteiger partial charge in [-0.25, -0.2) is 0 Å². The van der Waals surface area contributed by atoms with Crippen molar-refractivity contribution in [3.63, 3.8) is 0 Å². The number of aryl methyl sites for hydroxylation is 1. The molecule has 3 heteroatoms. The quantitative estimate of drug-likeness (QED) is 0.899. The molecule has 0 radical (unpaired) electrons. The predicted molar refractivity (Wildman–Crippen MR) is 71.4 cm³/mol. The van der Waals surface area contributed by atoms with Crippen LogP contribution in [0.5, 0.6) is 17.2 Å². The molecule has 0 aliphatic heterocycles. The highest BCUT2D eigenvalue weighted by molar-refractivity contribution is 5.73. The van der Waals surface area contributed by atoms with E-state index >= 15 is 0 Å². The standard InChI is InChI=1S/C15H16O3/c1-10-4-5-15(16)14(6-10)11-7-12(17-2)9-13(8-11)18-3/h4-9,16H,1-3H3. The monoisotopic (exact) mass is 244 g/mol. The van der Waals surface area contributed by atoms with Crippen molar-refractivity contribution in [2.45, 2.75) is 6.92 Å². The largest absolute Gasteiger partial charge is 0.507 e. The number of ether oxygens (including phenoxy) is 2. The smallest absolute Gasteiger partial charge is 0.123 e. The molecule has 0 bridgehead atoms. The zero-order valence-electron chi connectivity index (χ0n) is 10.7. The maximum Gasteiger partial charge on any atom is 0.123 e. The number of methoxy groups -OCH3 is 2. The molecule has 0 heterocycles. The molecule has 3 nitrogen and oxygen atoms in total. The number of phenols is 1. The van der Waals surface area contributed by atoms with Crippen LogP contribution in [0.25, 0.3) is 11.1 Å². The van der Waals surface area contributed by atoms with Crippen LogP contribution in [-0.2, 0) is 0 Å². The number of benzene rings is 2. The first-order chi connectivity index (χ1) is 8.63. The van der Waals surface area contributed by atoms with Crippen LogP contribution in [-0.4, -0.2) is 19.3 Å². The minimum Gasteiger partial charge on any atom is -0.507 e. The third kappa shape index (κ3) is 2.40. The zero-order chi connectivity index (χ0) is 13.1. The minimum atomic E-state index is 0.246. The van der Waals surface area contributed by atoms with Gasteiger partial charge >= 0.3 is 0 Å². The second kappa shape index (κ2) is 5.00. The first-order valence-electron chi connectivity index (χ1n) is 5.67. The lowest BCUT2D eigenvalue weighted by atomic mass is 10.0. The van der Waals surface area contributed by atoms with Gasteiger partial charge in [-0.05, 0) is 36.8 Å². The highest BCUT2D eigenvalue weighted by Gasteiger charge is 2.08. The summed E-state index contributed by atoms with van der Waals surface area (Å²) in [5, 5.41) is 9.93. The Morgan fingerprint density at radius 2 is 1.50 bits per heavy atom. The Bertz CT molecular complexity index is 539. The number of aromatic hydroxyl groups is 1. The Morgan fingerprint density at radius 1 is 0.889 bits per heavy atom. The fraction of sp³-hybridized carbons (Fsp3) is 0.200. The fourth-order valence-electron chi connectivity index (χ4n) is 1.84. The Morgan fingerprint density at radius 3 is 2.06 bits per heavy atom. The van der Waals surface area contributed by atoms with Crippen LogP contribution in [0.15, 0.2) is 36.4 Å². The zero-order valence-corrected chi connectivity index (χ0v) is 10.7. The summed E-state index contributed by atoms with van der Waals surface area (Å²) >= 11 is 0. The van der Waals surface area contributed by atoms with E-state index in [4.69, 9.17) is 9.47 Å². The summed E-state index contributed by atoms with van der Waals surface area (Å²) in [7, 11) is 3.21. The van der Waals surface area contributed by atoms with E-state index < -0.39 is 0 Å². The van der Waals surface area contributed by atoms with Gasteiger partial charge in [-0.1, -0.05) is 11.6 Å². The van der Waals surface area contributed by atoms with E-state index in [1.165, 1.54) is 0 Å². The van der Waals surface area contributed by atoms with Crippen LogP contribution in [0.4, 0.5) is 0 Å². The molecule has 94 valence electrons. The van der Waals surface area contributed by atoms with Gasteiger partial charge in [-0.2, -0.15) is 0 Å². The van der Waals surface area contributed by atoms with E-state index in [-0.39, 0.29) is 5.75 Å². The number of rotatable bonds is 3. The van der Waals surface area contributed by atoms with Crippen LogP contribution in [0.1, 0.15) is 5.56 Å². The fourth-order valence-corrected chi connectivity index (χ4v) is 1.84. The third-order valence-corrected chi connectivity index (χ3v) is 2.81.